The zero-order valence-electron chi connectivity index (χ0n) is 17.8. The summed E-state index contributed by atoms with van der Waals surface area (Å²) in [5.41, 5.74) is 1.69. The molecule has 2 aromatic rings. The van der Waals surface area contributed by atoms with Crippen molar-refractivity contribution >= 4 is 17.5 Å². The van der Waals surface area contributed by atoms with Crippen molar-refractivity contribution in [3.63, 3.8) is 0 Å². The van der Waals surface area contributed by atoms with Gasteiger partial charge in [-0.1, -0.05) is 12.1 Å². The quantitative estimate of drug-likeness (QED) is 0.697. The monoisotopic (exact) mass is 425 g/mol. The minimum absolute atomic E-state index is 0.0711. The number of rotatable bonds is 8. The molecule has 8 heteroatoms. The number of fused-ring (bicyclic) bond motifs is 1. The smallest absolute Gasteiger partial charge is 0.231 e. The summed E-state index contributed by atoms with van der Waals surface area (Å²) in [5.74, 6) is 1.51. The molecule has 8 nitrogen and oxygen atoms in total. The number of nitrogens with one attached hydrogen (secondary N) is 1. The van der Waals surface area contributed by atoms with Crippen molar-refractivity contribution in [1.29, 1.82) is 0 Å². The minimum atomic E-state index is -0.383. The molecule has 0 spiro atoms. The number of ether oxygens (including phenoxy) is 3. The second kappa shape index (κ2) is 9.26. The molecule has 1 unspecified atom stereocenters. The molecule has 2 amide bonds. The Kier molecular flexibility index (Phi) is 6.27. The molecular formula is C23H27N3O5. The molecule has 31 heavy (non-hydrogen) atoms. The van der Waals surface area contributed by atoms with Crippen molar-refractivity contribution in [2.45, 2.75) is 13.0 Å². The van der Waals surface area contributed by atoms with Crippen LogP contribution in [-0.2, 0) is 16.1 Å². The molecule has 2 heterocycles. The lowest BCUT2D eigenvalue weighted by Gasteiger charge is -2.17. The summed E-state index contributed by atoms with van der Waals surface area (Å²) in [7, 11) is 4.00. The first kappa shape index (κ1) is 21.0. The van der Waals surface area contributed by atoms with Crippen LogP contribution in [0.25, 0.3) is 0 Å². The van der Waals surface area contributed by atoms with Gasteiger partial charge in [0, 0.05) is 37.8 Å². The lowest BCUT2D eigenvalue weighted by atomic mass is 10.1. The first-order valence-corrected chi connectivity index (χ1v) is 10.3. The lowest BCUT2D eigenvalue weighted by molar-refractivity contribution is -0.126. The zero-order chi connectivity index (χ0) is 21.8. The number of carbonyl (C=O) groups is 2. The highest BCUT2D eigenvalue weighted by atomic mass is 16.7. The van der Waals surface area contributed by atoms with Crippen LogP contribution < -0.4 is 24.4 Å². The molecule has 164 valence electrons. The molecule has 2 aliphatic rings. The van der Waals surface area contributed by atoms with Gasteiger partial charge in [0.2, 0.25) is 18.6 Å². The molecule has 1 atom stereocenters. The third-order valence-electron chi connectivity index (χ3n) is 5.36. The summed E-state index contributed by atoms with van der Waals surface area (Å²) in [6, 6.07) is 13.0. The van der Waals surface area contributed by atoms with Crippen molar-refractivity contribution in [2.75, 3.05) is 45.5 Å². The van der Waals surface area contributed by atoms with E-state index in [9.17, 15) is 9.59 Å². The SMILES string of the molecule is CN(C)CCOc1ccc(CNC(=O)C2CC(=O)N(c3ccc4c(c3)OCO4)C2)cc1. The molecule has 0 aliphatic carbocycles. The Morgan fingerprint density at radius 1 is 1.16 bits per heavy atom. The molecule has 0 aromatic heterocycles. The van der Waals surface area contributed by atoms with Crippen LogP contribution in [0.3, 0.4) is 0 Å². The highest BCUT2D eigenvalue weighted by Crippen LogP contribution is 2.37. The number of amides is 2. The van der Waals surface area contributed by atoms with Crippen LogP contribution in [0.2, 0.25) is 0 Å². The van der Waals surface area contributed by atoms with Gasteiger partial charge in [-0.25, -0.2) is 0 Å². The Balaban J connectivity index is 1.28. The van der Waals surface area contributed by atoms with Crippen molar-refractivity contribution in [2.24, 2.45) is 5.92 Å². The summed E-state index contributed by atoms with van der Waals surface area (Å²) in [6.07, 6.45) is 0.193. The third kappa shape index (κ3) is 5.08. The van der Waals surface area contributed by atoms with Crippen LogP contribution in [0, 0.1) is 5.92 Å². The van der Waals surface area contributed by atoms with Crippen molar-refractivity contribution in [1.82, 2.24) is 10.2 Å². The summed E-state index contributed by atoms with van der Waals surface area (Å²) in [4.78, 5) is 28.8. The van der Waals surface area contributed by atoms with E-state index in [0.717, 1.165) is 23.5 Å². The second-order valence-electron chi connectivity index (χ2n) is 7.96. The van der Waals surface area contributed by atoms with E-state index in [1.165, 1.54) is 0 Å². The molecule has 0 saturated carbocycles. The molecule has 0 radical (unpaired) electrons. The van der Waals surface area contributed by atoms with Crippen molar-refractivity contribution in [3.05, 3.63) is 48.0 Å². The standard InChI is InChI=1S/C23H27N3O5/c1-25(2)9-10-29-19-6-3-16(4-7-19)13-24-23(28)17-11-22(27)26(14-17)18-5-8-20-21(12-18)31-15-30-20/h3-8,12,17H,9-11,13-15H2,1-2H3,(H,24,28). The fourth-order valence-corrected chi connectivity index (χ4v) is 3.57. The topological polar surface area (TPSA) is 80.3 Å². The summed E-state index contributed by atoms with van der Waals surface area (Å²) in [5, 5.41) is 2.94. The number of carbonyl (C=O) groups excluding carboxylic acids is 2. The van der Waals surface area contributed by atoms with Crippen LogP contribution in [0.5, 0.6) is 17.2 Å². The number of anilines is 1. The van der Waals surface area contributed by atoms with E-state index >= 15 is 0 Å². The van der Waals surface area contributed by atoms with Gasteiger partial charge in [-0.3, -0.25) is 9.59 Å². The van der Waals surface area contributed by atoms with E-state index in [4.69, 9.17) is 14.2 Å². The average Bonchev–Trinajstić information content (AvgIpc) is 3.38. The molecule has 2 aliphatic heterocycles. The van der Waals surface area contributed by atoms with Gasteiger partial charge in [0.15, 0.2) is 11.5 Å². The number of hydrogen-bond donors (Lipinski definition) is 1. The van der Waals surface area contributed by atoms with E-state index in [-0.39, 0.29) is 30.9 Å². The van der Waals surface area contributed by atoms with Crippen LogP contribution in [0.1, 0.15) is 12.0 Å². The fraction of sp³-hybridized carbons (Fsp3) is 0.391. The zero-order valence-corrected chi connectivity index (χ0v) is 17.8. The maximum atomic E-state index is 12.6. The molecule has 1 N–H and O–H groups in total. The molecule has 4 rings (SSSR count). The van der Waals surface area contributed by atoms with E-state index in [1.54, 1.807) is 17.0 Å². The first-order chi connectivity index (χ1) is 15.0. The largest absolute Gasteiger partial charge is 0.492 e. The van der Waals surface area contributed by atoms with Gasteiger partial charge in [-0.2, -0.15) is 0 Å². The van der Waals surface area contributed by atoms with Crippen LogP contribution in [0.4, 0.5) is 5.69 Å². The highest BCUT2D eigenvalue weighted by molar-refractivity contribution is 6.00. The van der Waals surface area contributed by atoms with Gasteiger partial charge >= 0.3 is 0 Å². The fourth-order valence-electron chi connectivity index (χ4n) is 3.57. The molecular weight excluding hydrogens is 398 g/mol. The van der Waals surface area contributed by atoms with E-state index < -0.39 is 0 Å². The third-order valence-corrected chi connectivity index (χ3v) is 5.36. The number of likely N-dealkylation sites (N-methyl/N-ethyl adjacent to an activating group) is 1. The number of benzene rings is 2. The Morgan fingerprint density at radius 3 is 2.71 bits per heavy atom. The number of nitrogens with zero attached hydrogens (tertiary/aromatic N) is 2. The van der Waals surface area contributed by atoms with Gasteiger partial charge in [0.05, 0.1) is 5.92 Å². The molecule has 1 saturated heterocycles. The van der Waals surface area contributed by atoms with Gasteiger partial charge < -0.3 is 29.3 Å². The Labute approximate surface area is 181 Å². The van der Waals surface area contributed by atoms with E-state index in [0.29, 0.717) is 31.2 Å². The second-order valence-corrected chi connectivity index (χ2v) is 7.96. The van der Waals surface area contributed by atoms with Crippen LogP contribution in [0.15, 0.2) is 42.5 Å². The summed E-state index contributed by atoms with van der Waals surface area (Å²) >= 11 is 0. The predicted octanol–water partition coefficient (Wildman–Crippen LogP) is 2.02. The maximum absolute atomic E-state index is 12.6. The van der Waals surface area contributed by atoms with Crippen molar-refractivity contribution < 1.29 is 23.8 Å². The summed E-state index contributed by atoms with van der Waals surface area (Å²) < 4.78 is 16.4. The van der Waals surface area contributed by atoms with Gasteiger partial charge in [-0.05, 0) is 43.9 Å². The minimum Gasteiger partial charge on any atom is -0.492 e. The van der Waals surface area contributed by atoms with Crippen molar-refractivity contribution in [3.8, 4) is 17.2 Å². The lowest BCUT2D eigenvalue weighted by Crippen LogP contribution is -2.32. The predicted molar refractivity (Wildman–Crippen MR) is 115 cm³/mol. The Bertz CT molecular complexity index is 945. The molecule has 0 bridgehead atoms. The maximum Gasteiger partial charge on any atom is 0.231 e. The van der Waals surface area contributed by atoms with Gasteiger partial charge in [0.1, 0.15) is 12.4 Å². The Hall–Kier alpha value is -3.26. The van der Waals surface area contributed by atoms with Gasteiger partial charge in [0.25, 0.3) is 0 Å². The average molecular weight is 425 g/mol. The first-order valence-electron chi connectivity index (χ1n) is 10.3. The molecule has 2 aromatic carbocycles. The van der Waals surface area contributed by atoms with E-state index in [2.05, 4.69) is 10.2 Å². The van der Waals surface area contributed by atoms with Crippen LogP contribution in [-0.4, -0.2) is 57.3 Å². The van der Waals surface area contributed by atoms with E-state index in [1.807, 2.05) is 44.4 Å². The van der Waals surface area contributed by atoms with Gasteiger partial charge in [-0.15, -0.1) is 0 Å². The normalized spacial score (nSPS) is 17.3. The highest BCUT2D eigenvalue weighted by Gasteiger charge is 2.35. The Morgan fingerprint density at radius 2 is 1.94 bits per heavy atom. The summed E-state index contributed by atoms with van der Waals surface area (Å²) in [6.45, 7) is 2.41. The molecule has 1 fully saturated rings. The number of hydrogen-bond acceptors (Lipinski definition) is 6. The van der Waals surface area contributed by atoms with Crippen LogP contribution >= 0.6 is 0 Å².